The van der Waals surface area contributed by atoms with Crippen molar-refractivity contribution in [1.82, 2.24) is 20.2 Å². The molecule has 35 heavy (non-hydrogen) atoms. The highest BCUT2D eigenvalue weighted by Crippen LogP contribution is 2.32. The molecule has 1 aliphatic carbocycles. The summed E-state index contributed by atoms with van der Waals surface area (Å²) in [5.74, 6) is 3.22. The van der Waals surface area contributed by atoms with Crippen molar-refractivity contribution in [2.75, 3.05) is 46.2 Å². The van der Waals surface area contributed by atoms with Crippen LogP contribution in [0.2, 0.25) is 0 Å². The maximum absolute atomic E-state index is 12.4. The topological polar surface area (TPSA) is 76.6 Å². The molecule has 0 bridgehead atoms. The van der Waals surface area contributed by atoms with Crippen molar-refractivity contribution in [2.24, 2.45) is 11.8 Å². The van der Waals surface area contributed by atoms with Crippen molar-refractivity contribution in [3.05, 3.63) is 30.6 Å². The lowest BCUT2D eigenvalue weighted by atomic mass is 9.96. The van der Waals surface area contributed by atoms with E-state index in [1.54, 1.807) is 26.6 Å². The predicted molar refractivity (Wildman–Crippen MR) is 140 cm³/mol. The highest BCUT2D eigenvalue weighted by atomic mass is 32.2. The molecule has 2 fully saturated rings. The van der Waals surface area contributed by atoms with Crippen LogP contribution in [0.15, 0.2) is 35.7 Å². The van der Waals surface area contributed by atoms with Crippen LogP contribution in [0.1, 0.15) is 44.9 Å². The largest absolute Gasteiger partial charge is 0.493 e. The van der Waals surface area contributed by atoms with Crippen molar-refractivity contribution >= 4 is 17.7 Å². The maximum atomic E-state index is 12.4. The molecule has 8 heteroatoms. The van der Waals surface area contributed by atoms with E-state index < -0.39 is 0 Å². The van der Waals surface area contributed by atoms with E-state index in [2.05, 4.69) is 20.2 Å². The second kappa shape index (κ2) is 13.1. The molecule has 1 aliphatic heterocycles. The Hall–Kier alpha value is -2.32. The second-order valence-electron chi connectivity index (χ2n) is 9.66. The van der Waals surface area contributed by atoms with Gasteiger partial charge in [0, 0.05) is 31.0 Å². The lowest BCUT2D eigenvalue weighted by molar-refractivity contribution is -0.118. The van der Waals surface area contributed by atoms with E-state index in [0.29, 0.717) is 28.3 Å². The minimum atomic E-state index is 0.0469. The summed E-state index contributed by atoms with van der Waals surface area (Å²) in [6.07, 6.45) is 13.0. The van der Waals surface area contributed by atoms with Gasteiger partial charge < -0.3 is 19.7 Å². The molecule has 1 N–H and O–H groups in total. The van der Waals surface area contributed by atoms with Crippen molar-refractivity contribution in [3.63, 3.8) is 0 Å². The Kier molecular flexibility index (Phi) is 9.66. The molecule has 2 aromatic rings. The van der Waals surface area contributed by atoms with E-state index in [1.165, 1.54) is 69.8 Å². The predicted octanol–water partition coefficient (Wildman–Crippen LogP) is 4.66. The van der Waals surface area contributed by atoms with Gasteiger partial charge in [-0.2, -0.15) is 0 Å². The number of hydrogen-bond donors (Lipinski definition) is 1. The Balaban J connectivity index is 1.18. The third-order valence-electron chi connectivity index (χ3n) is 7.20. The Labute approximate surface area is 213 Å². The number of carbonyl (C=O) groups is 1. The molecule has 1 aromatic heterocycles. The van der Waals surface area contributed by atoms with Crippen LogP contribution >= 0.6 is 11.8 Å². The molecule has 1 saturated heterocycles. The third kappa shape index (κ3) is 7.58. The fourth-order valence-corrected chi connectivity index (χ4v) is 5.80. The standard InChI is InChI=1S/C27H38N4O3S/c1-33-24-10-9-22(14-25(24)34-2)23-16-29-27(30-17-23)35-19-26(32)28-15-21-8-5-12-31(18-21)13-11-20-6-3-4-7-20/h9-10,14,16-17,20-21H,3-8,11-13,15,18-19H2,1-2H3,(H,28,32). The zero-order chi connectivity index (χ0) is 24.5. The second-order valence-corrected chi connectivity index (χ2v) is 10.6. The van der Waals surface area contributed by atoms with Crippen LogP contribution in [0.3, 0.4) is 0 Å². The molecule has 4 rings (SSSR count). The molecular weight excluding hydrogens is 460 g/mol. The van der Waals surface area contributed by atoms with Gasteiger partial charge in [0.25, 0.3) is 0 Å². The minimum absolute atomic E-state index is 0.0469. The van der Waals surface area contributed by atoms with Crippen LogP contribution in [0, 0.1) is 11.8 Å². The quantitative estimate of drug-likeness (QED) is 0.357. The van der Waals surface area contributed by atoms with Crippen LogP contribution < -0.4 is 14.8 Å². The van der Waals surface area contributed by atoms with Gasteiger partial charge in [0.2, 0.25) is 5.91 Å². The van der Waals surface area contributed by atoms with E-state index in [-0.39, 0.29) is 5.91 Å². The fourth-order valence-electron chi connectivity index (χ4n) is 5.18. The van der Waals surface area contributed by atoms with Gasteiger partial charge in [-0.1, -0.05) is 43.5 Å². The lowest BCUT2D eigenvalue weighted by Gasteiger charge is -2.33. The van der Waals surface area contributed by atoms with Crippen LogP contribution in [0.4, 0.5) is 0 Å². The van der Waals surface area contributed by atoms with Crippen molar-refractivity contribution in [2.45, 2.75) is 50.1 Å². The number of ether oxygens (including phenoxy) is 2. The van der Waals surface area contributed by atoms with Gasteiger partial charge in [-0.05, 0) is 61.9 Å². The van der Waals surface area contributed by atoms with Gasteiger partial charge in [-0.15, -0.1) is 0 Å². The number of methoxy groups -OCH3 is 2. The number of hydrogen-bond acceptors (Lipinski definition) is 7. The summed E-state index contributed by atoms with van der Waals surface area (Å²) in [5.41, 5.74) is 1.83. The average Bonchev–Trinajstić information content (AvgIpc) is 3.43. The highest BCUT2D eigenvalue weighted by Gasteiger charge is 2.22. The van der Waals surface area contributed by atoms with E-state index in [1.807, 2.05) is 18.2 Å². The summed E-state index contributed by atoms with van der Waals surface area (Å²) >= 11 is 1.37. The van der Waals surface area contributed by atoms with Crippen LogP contribution in [-0.2, 0) is 4.79 Å². The summed E-state index contributed by atoms with van der Waals surface area (Å²) in [7, 11) is 3.23. The molecular formula is C27H38N4O3S. The maximum Gasteiger partial charge on any atom is 0.230 e. The summed E-state index contributed by atoms with van der Waals surface area (Å²) in [5, 5.41) is 3.73. The summed E-state index contributed by atoms with van der Waals surface area (Å²) < 4.78 is 10.7. The smallest absolute Gasteiger partial charge is 0.230 e. The first-order chi connectivity index (χ1) is 17.1. The third-order valence-corrected chi connectivity index (χ3v) is 8.07. The highest BCUT2D eigenvalue weighted by molar-refractivity contribution is 7.99. The van der Waals surface area contributed by atoms with Crippen molar-refractivity contribution in [3.8, 4) is 22.6 Å². The molecule has 1 saturated carbocycles. The molecule has 1 amide bonds. The average molecular weight is 499 g/mol. The number of nitrogens with zero attached hydrogens (tertiary/aromatic N) is 3. The van der Waals surface area contributed by atoms with Gasteiger partial charge in [-0.25, -0.2) is 9.97 Å². The summed E-state index contributed by atoms with van der Waals surface area (Å²) in [6, 6.07) is 5.71. The summed E-state index contributed by atoms with van der Waals surface area (Å²) in [4.78, 5) is 23.9. The summed E-state index contributed by atoms with van der Waals surface area (Å²) in [6.45, 7) is 4.31. The fraction of sp³-hybridized carbons (Fsp3) is 0.593. The molecule has 1 atom stereocenters. The van der Waals surface area contributed by atoms with E-state index in [4.69, 9.17) is 9.47 Å². The van der Waals surface area contributed by atoms with E-state index in [9.17, 15) is 4.79 Å². The van der Waals surface area contributed by atoms with Crippen LogP contribution in [0.25, 0.3) is 11.1 Å². The normalized spacial score (nSPS) is 19.0. The number of carbonyl (C=O) groups excluding carboxylic acids is 1. The van der Waals surface area contributed by atoms with Crippen LogP contribution in [0.5, 0.6) is 11.5 Å². The molecule has 0 radical (unpaired) electrons. The Morgan fingerprint density at radius 2 is 1.77 bits per heavy atom. The Morgan fingerprint density at radius 3 is 2.51 bits per heavy atom. The first kappa shape index (κ1) is 25.8. The zero-order valence-corrected chi connectivity index (χ0v) is 21.8. The number of thioether (sulfide) groups is 1. The number of rotatable bonds is 11. The Morgan fingerprint density at radius 1 is 1.03 bits per heavy atom. The Bertz CT molecular complexity index is 950. The molecule has 190 valence electrons. The number of nitrogens with one attached hydrogen (secondary N) is 1. The molecule has 7 nitrogen and oxygen atoms in total. The van der Waals surface area contributed by atoms with Gasteiger partial charge in [0.15, 0.2) is 16.7 Å². The van der Waals surface area contributed by atoms with Crippen molar-refractivity contribution < 1.29 is 14.3 Å². The number of aromatic nitrogens is 2. The number of benzene rings is 1. The first-order valence-corrected chi connectivity index (χ1v) is 13.8. The first-order valence-electron chi connectivity index (χ1n) is 12.8. The molecule has 2 aliphatic rings. The number of likely N-dealkylation sites (tertiary alicyclic amines) is 1. The van der Waals surface area contributed by atoms with E-state index in [0.717, 1.165) is 30.1 Å². The van der Waals surface area contributed by atoms with Gasteiger partial charge >= 0.3 is 0 Å². The van der Waals surface area contributed by atoms with Gasteiger partial charge in [0.05, 0.1) is 20.0 Å². The molecule has 0 spiro atoms. The number of amides is 1. The minimum Gasteiger partial charge on any atom is -0.493 e. The van der Waals surface area contributed by atoms with Gasteiger partial charge in [0.1, 0.15) is 0 Å². The number of piperidine rings is 1. The monoisotopic (exact) mass is 498 g/mol. The van der Waals surface area contributed by atoms with E-state index >= 15 is 0 Å². The lowest BCUT2D eigenvalue weighted by Crippen LogP contribution is -2.41. The van der Waals surface area contributed by atoms with Crippen LogP contribution in [-0.4, -0.2) is 66.9 Å². The SMILES string of the molecule is COc1ccc(-c2cnc(SCC(=O)NCC3CCCN(CCC4CCCC4)C3)nc2)cc1OC. The molecule has 1 aromatic carbocycles. The molecule has 2 heterocycles. The van der Waals surface area contributed by atoms with Gasteiger partial charge in [-0.3, -0.25) is 4.79 Å². The van der Waals surface area contributed by atoms with Crippen molar-refractivity contribution in [1.29, 1.82) is 0 Å². The molecule has 1 unspecified atom stereocenters. The zero-order valence-electron chi connectivity index (χ0n) is 21.0.